The Hall–Kier alpha value is -1.16. The van der Waals surface area contributed by atoms with Gasteiger partial charge in [0, 0.05) is 45.3 Å². The highest BCUT2D eigenvalue weighted by molar-refractivity contribution is 7.89. The van der Waals surface area contributed by atoms with Crippen molar-refractivity contribution >= 4 is 10.0 Å². The molecule has 134 valence electrons. The fourth-order valence-electron chi connectivity index (χ4n) is 3.24. The number of benzene rings is 1. The van der Waals surface area contributed by atoms with Gasteiger partial charge < -0.3 is 5.32 Å². The van der Waals surface area contributed by atoms with Gasteiger partial charge in [0.05, 0.1) is 10.5 Å². The molecule has 1 atom stereocenters. The van der Waals surface area contributed by atoms with E-state index in [4.69, 9.17) is 0 Å². The molecule has 3 rings (SSSR count). The van der Waals surface area contributed by atoms with Gasteiger partial charge in [-0.2, -0.15) is 17.5 Å². The van der Waals surface area contributed by atoms with Crippen LogP contribution in [0.2, 0.25) is 0 Å². The Bertz CT molecular complexity index is 670. The summed E-state index contributed by atoms with van der Waals surface area (Å²) in [5.41, 5.74) is -0.846. The van der Waals surface area contributed by atoms with Gasteiger partial charge in [-0.15, -0.1) is 0 Å². The molecule has 0 amide bonds. The number of nitrogens with one attached hydrogen (secondary N) is 1. The average molecular weight is 363 g/mol. The summed E-state index contributed by atoms with van der Waals surface area (Å²) in [6.45, 7) is 4.35. The summed E-state index contributed by atoms with van der Waals surface area (Å²) in [6.07, 6.45) is -3.72. The highest BCUT2D eigenvalue weighted by Gasteiger charge is 2.36. The van der Waals surface area contributed by atoms with E-state index >= 15 is 0 Å². The molecule has 24 heavy (non-hydrogen) atoms. The molecular formula is C15H20F3N3O2S. The summed E-state index contributed by atoms with van der Waals surface area (Å²) in [6, 6.07) is 3.89. The molecule has 2 aliphatic heterocycles. The SMILES string of the molecule is O=S(=O)(c1ccc(C(F)(F)F)cc1)N1CCC(N2CCNCC2)C1. The van der Waals surface area contributed by atoms with Crippen LogP contribution in [0.25, 0.3) is 0 Å². The first-order valence-corrected chi connectivity index (χ1v) is 9.35. The zero-order chi connectivity index (χ0) is 17.4. The molecule has 1 N–H and O–H groups in total. The Morgan fingerprint density at radius 1 is 1.04 bits per heavy atom. The van der Waals surface area contributed by atoms with Crippen molar-refractivity contribution in [2.75, 3.05) is 39.3 Å². The van der Waals surface area contributed by atoms with Crippen molar-refractivity contribution in [1.82, 2.24) is 14.5 Å². The molecule has 0 saturated carbocycles. The molecule has 0 aromatic heterocycles. The lowest BCUT2D eigenvalue weighted by atomic mass is 10.2. The normalized spacial score (nSPS) is 24.4. The summed E-state index contributed by atoms with van der Waals surface area (Å²) in [4.78, 5) is 2.19. The van der Waals surface area contributed by atoms with Gasteiger partial charge in [0.2, 0.25) is 10.0 Å². The highest BCUT2D eigenvalue weighted by Crippen LogP contribution is 2.31. The second kappa shape index (κ2) is 6.62. The average Bonchev–Trinajstić information content (AvgIpc) is 3.06. The van der Waals surface area contributed by atoms with Crippen molar-refractivity contribution in [3.8, 4) is 0 Å². The number of hydrogen-bond acceptors (Lipinski definition) is 4. The van der Waals surface area contributed by atoms with Crippen LogP contribution in [-0.4, -0.2) is 62.9 Å². The molecule has 1 aromatic carbocycles. The number of piperazine rings is 1. The lowest BCUT2D eigenvalue weighted by Gasteiger charge is -2.32. The highest BCUT2D eigenvalue weighted by atomic mass is 32.2. The van der Waals surface area contributed by atoms with Gasteiger partial charge in [-0.25, -0.2) is 8.42 Å². The smallest absolute Gasteiger partial charge is 0.314 e. The van der Waals surface area contributed by atoms with Crippen LogP contribution in [0.1, 0.15) is 12.0 Å². The molecule has 1 aromatic rings. The van der Waals surface area contributed by atoms with Crippen LogP contribution in [0.3, 0.4) is 0 Å². The van der Waals surface area contributed by atoms with Crippen molar-refractivity contribution < 1.29 is 21.6 Å². The van der Waals surface area contributed by atoms with E-state index in [0.717, 1.165) is 56.9 Å². The molecule has 1 unspecified atom stereocenters. The maximum Gasteiger partial charge on any atom is 0.416 e. The van der Waals surface area contributed by atoms with E-state index in [1.807, 2.05) is 0 Å². The molecule has 2 fully saturated rings. The number of hydrogen-bond donors (Lipinski definition) is 1. The Morgan fingerprint density at radius 3 is 2.25 bits per heavy atom. The Kier molecular flexibility index (Phi) is 4.87. The summed E-state index contributed by atoms with van der Waals surface area (Å²) in [7, 11) is -3.75. The maximum atomic E-state index is 12.6. The van der Waals surface area contributed by atoms with Gasteiger partial charge in [0.15, 0.2) is 0 Å². The molecular weight excluding hydrogens is 343 g/mol. The first kappa shape index (κ1) is 17.7. The zero-order valence-electron chi connectivity index (χ0n) is 13.1. The number of alkyl halides is 3. The van der Waals surface area contributed by atoms with Crippen molar-refractivity contribution in [3.05, 3.63) is 29.8 Å². The van der Waals surface area contributed by atoms with Crippen LogP contribution < -0.4 is 5.32 Å². The van der Waals surface area contributed by atoms with Gasteiger partial charge >= 0.3 is 6.18 Å². The standard InChI is InChI=1S/C15H20F3N3O2S/c16-15(17,18)12-1-3-14(4-2-12)24(22,23)21-8-5-13(11-21)20-9-6-19-7-10-20/h1-4,13,19H,5-11H2. The maximum absolute atomic E-state index is 12.6. The van der Waals surface area contributed by atoms with Gasteiger partial charge in [-0.3, -0.25) is 4.90 Å². The van der Waals surface area contributed by atoms with E-state index in [9.17, 15) is 21.6 Å². The monoisotopic (exact) mass is 363 g/mol. The second-order valence-corrected chi connectivity index (χ2v) is 8.05. The predicted molar refractivity (Wildman–Crippen MR) is 83.1 cm³/mol. The molecule has 9 heteroatoms. The number of halogens is 3. The van der Waals surface area contributed by atoms with E-state index in [1.54, 1.807) is 0 Å². The molecule has 2 aliphatic rings. The van der Waals surface area contributed by atoms with Gasteiger partial charge in [-0.1, -0.05) is 0 Å². The first-order chi connectivity index (χ1) is 11.3. The Morgan fingerprint density at radius 2 is 1.67 bits per heavy atom. The minimum atomic E-state index is -4.47. The fraction of sp³-hybridized carbons (Fsp3) is 0.600. The van der Waals surface area contributed by atoms with Crippen molar-refractivity contribution in [2.24, 2.45) is 0 Å². The summed E-state index contributed by atoms with van der Waals surface area (Å²) in [5.74, 6) is 0. The number of nitrogens with zero attached hydrogens (tertiary/aromatic N) is 2. The van der Waals surface area contributed by atoms with Crippen molar-refractivity contribution in [3.63, 3.8) is 0 Å². The molecule has 0 bridgehead atoms. The third-order valence-electron chi connectivity index (χ3n) is 4.61. The van der Waals surface area contributed by atoms with Crippen molar-refractivity contribution in [1.29, 1.82) is 0 Å². The van der Waals surface area contributed by atoms with Gasteiger partial charge in [-0.05, 0) is 30.7 Å². The summed E-state index contributed by atoms with van der Waals surface area (Å²) < 4.78 is 64.5. The molecule has 2 heterocycles. The van der Waals surface area contributed by atoms with E-state index in [-0.39, 0.29) is 10.9 Å². The fourth-order valence-corrected chi connectivity index (χ4v) is 4.73. The zero-order valence-corrected chi connectivity index (χ0v) is 13.9. The molecule has 5 nitrogen and oxygen atoms in total. The van der Waals surface area contributed by atoms with Crippen LogP contribution >= 0.6 is 0 Å². The van der Waals surface area contributed by atoms with E-state index in [2.05, 4.69) is 10.2 Å². The molecule has 0 spiro atoms. The molecule has 2 saturated heterocycles. The molecule has 0 radical (unpaired) electrons. The third kappa shape index (κ3) is 3.58. The summed E-state index contributed by atoms with van der Waals surface area (Å²) in [5, 5.41) is 3.26. The number of sulfonamides is 1. The van der Waals surface area contributed by atoms with Crippen molar-refractivity contribution in [2.45, 2.75) is 23.5 Å². The topological polar surface area (TPSA) is 52.7 Å². The Balaban J connectivity index is 1.71. The largest absolute Gasteiger partial charge is 0.416 e. The van der Waals surface area contributed by atoms with Gasteiger partial charge in [0.1, 0.15) is 0 Å². The van der Waals surface area contributed by atoms with Crippen LogP contribution in [-0.2, 0) is 16.2 Å². The van der Waals surface area contributed by atoms with E-state index < -0.39 is 21.8 Å². The third-order valence-corrected chi connectivity index (χ3v) is 6.49. The lowest BCUT2D eigenvalue weighted by Crippen LogP contribution is -2.49. The first-order valence-electron chi connectivity index (χ1n) is 7.91. The predicted octanol–water partition coefficient (Wildman–Crippen LogP) is 1.37. The summed E-state index contributed by atoms with van der Waals surface area (Å²) >= 11 is 0. The van der Waals surface area contributed by atoms with Crippen LogP contribution in [0, 0.1) is 0 Å². The van der Waals surface area contributed by atoms with Crippen LogP contribution in [0.4, 0.5) is 13.2 Å². The van der Waals surface area contributed by atoms with Gasteiger partial charge in [0.25, 0.3) is 0 Å². The number of rotatable bonds is 3. The van der Waals surface area contributed by atoms with E-state index in [0.29, 0.717) is 13.1 Å². The molecule has 0 aliphatic carbocycles. The van der Waals surface area contributed by atoms with Crippen LogP contribution in [0.15, 0.2) is 29.2 Å². The lowest BCUT2D eigenvalue weighted by molar-refractivity contribution is -0.137. The quantitative estimate of drug-likeness (QED) is 0.882. The second-order valence-electron chi connectivity index (χ2n) is 6.11. The minimum Gasteiger partial charge on any atom is -0.314 e. The Labute approximate surface area is 139 Å². The van der Waals surface area contributed by atoms with Crippen LogP contribution in [0.5, 0.6) is 0 Å². The minimum absolute atomic E-state index is 0.0866. The van der Waals surface area contributed by atoms with E-state index in [1.165, 1.54) is 4.31 Å².